The molecule has 0 aromatic heterocycles. The Bertz CT molecular complexity index is 659. The van der Waals surface area contributed by atoms with Crippen molar-refractivity contribution in [3.05, 3.63) is 54.1 Å². The lowest BCUT2D eigenvalue weighted by atomic mass is 10.2. The molecule has 2 aromatic carbocycles. The summed E-state index contributed by atoms with van der Waals surface area (Å²) < 4.78 is 11.8. The molecular formula is C20H26ClNO3. The van der Waals surface area contributed by atoms with Gasteiger partial charge in [-0.1, -0.05) is 30.3 Å². The van der Waals surface area contributed by atoms with Crippen molar-refractivity contribution in [1.29, 1.82) is 0 Å². The first-order valence-electron chi connectivity index (χ1n) is 8.58. The lowest BCUT2D eigenvalue weighted by Gasteiger charge is -2.20. The molecule has 1 unspecified atom stereocenters. The Balaban J connectivity index is 0.00000225. The van der Waals surface area contributed by atoms with Crippen LogP contribution in [0, 0.1) is 6.92 Å². The Kier molecular flexibility index (Phi) is 7.56. The molecule has 0 spiro atoms. The second-order valence-corrected chi connectivity index (χ2v) is 6.29. The highest BCUT2D eigenvalue weighted by molar-refractivity contribution is 5.85. The maximum absolute atomic E-state index is 10.2. The lowest BCUT2D eigenvalue weighted by Crippen LogP contribution is -2.33. The Morgan fingerprint density at radius 3 is 2.24 bits per heavy atom. The third-order valence-electron chi connectivity index (χ3n) is 4.26. The zero-order valence-electron chi connectivity index (χ0n) is 14.6. The molecule has 4 nitrogen and oxygen atoms in total. The molecule has 25 heavy (non-hydrogen) atoms. The van der Waals surface area contributed by atoms with Gasteiger partial charge in [0.2, 0.25) is 0 Å². The molecule has 3 rings (SSSR count). The number of benzene rings is 2. The number of rotatable bonds is 7. The second-order valence-electron chi connectivity index (χ2n) is 6.29. The number of halogens is 1. The summed E-state index contributed by atoms with van der Waals surface area (Å²) in [4.78, 5) is 2.28. The molecule has 1 fully saturated rings. The van der Waals surface area contributed by atoms with Crippen LogP contribution in [0.2, 0.25) is 0 Å². The number of hydrogen-bond acceptors (Lipinski definition) is 4. The van der Waals surface area contributed by atoms with E-state index in [9.17, 15) is 5.11 Å². The van der Waals surface area contributed by atoms with Gasteiger partial charge in [0.05, 0.1) is 0 Å². The number of aliphatic hydroxyl groups excluding tert-OH is 1. The molecule has 1 aliphatic heterocycles. The molecule has 1 atom stereocenters. The number of β-amino-alcohol motifs (C(OH)–C–C–N with tert-alkyl or cyclic N) is 1. The standard InChI is InChI=1S/C20H25NO3.ClH/c1-16-8-2-3-9-18(16)24-20-11-5-4-10-19(20)23-15-17(22)14-21-12-6-7-13-21;/h2-5,8-11,17,22H,6-7,12-15H2,1H3;1H. The predicted octanol–water partition coefficient (Wildman–Crippen LogP) is 4.04. The van der Waals surface area contributed by atoms with Crippen LogP contribution < -0.4 is 9.47 Å². The molecule has 0 amide bonds. The Morgan fingerprint density at radius 1 is 0.960 bits per heavy atom. The number of hydrogen-bond donors (Lipinski definition) is 1. The van der Waals surface area contributed by atoms with Crippen molar-refractivity contribution >= 4 is 12.4 Å². The molecular weight excluding hydrogens is 338 g/mol. The summed E-state index contributed by atoms with van der Waals surface area (Å²) in [7, 11) is 0. The number of likely N-dealkylation sites (tertiary alicyclic amines) is 1. The van der Waals surface area contributed by atoms with Crippen molar-refractivity contribution in [1.82, 2.24) is 4.90 Å². The zero-order chi connectivity index (χ0) is 16.8. The summed E-state index contributed by atoms with van der Waals surface area (Å²) in [6, 6.07) is 15.5. The predicted molar refractivity (Wildman–Crippen MR) is 102 cm³/mol. The average Bonchev–Trinajstić information content (AvgIpc) is 3.09. The van der Waals surface area contributed by atoms with Crippen LogP contribution >= 0.6 is 12.4 Å². The van der Waals surface area contributed by atoms with Crippen LogP contribution in [-0.4, -0.2) is 42.4 Å². The molecule has 2 aromatic rings. The van der Waals surface area contributed by atoms with E-state index in [1.54, 1.807) is 0 Å². The molecule has 0 bridgehead atoms. The quantitative estimate of drug-likeness (QED) is 0.806. The molecule has 0 radical (unpaired) electrons. The largest absolute Gasteiger partial charge is 0.487 e. The summed E-state index contributed by atoms with van der Waals surface area (Å²) >= 11 is 0. The molecule has 5 heteroatoms. The molecule has 0 aliphatic carbocycles. The van der Waals surface area contributed by atoms with Crippen LogP contribution in [0.25, 0.3) is 0 Å². The van der Waals surface area contributed by atoms with Crippen molar-refractivity contribution < 1.29 is 14.6 Å². The van der Waals surface area contributed by atoms with Crippen LogP contribution in [0.4, 0.5) is 0 Å². The van der Waals surface area contributed by atoms with Gasteiger partial charge in [-0.3, -0.25) is 0 Å². The maximum Gasteiger partial charge on any atom is 0.169 e. The van der Waals surface area contributed by atoms with Crippen molar-refractivity contribution in [2.24, 2.45) is 0 Å². The van der Waals surface area contributed by atoms with E-state index in [2.05, 4.69) is 4.90 Å². The Morgan fingerprint density at radius 2 is 1.56 bits per heavy atom. The zero-order valence-corrected chi connectivity index (χ0v) is 15.4. The topological polar surface area (TPSA) is 41.9 Å². The summed E-state index contributed by atoms with van der Waals surface area (Å²) in [6.45, 7) is 5.10. The second kappa shape index (κ2) is 9.66. The van der Waals surface area contributed by atoms with Crippen molar-refractivity contribution in [2.75, 3.05) is 26.2 Å². The number of ether oxygens (including phenoxy) is 2. The van der Waals surface area contributed by atoms with Crippen LogP contribution in [0.15, 0.2) is 48.5 Å². The highest BCUT2D eigenvalue weighted by atomic mass is 35.5. The minimum Gasteiger partial charge on any atom is -0.487 e. The average molecular weight is 364 g/mol. The summed E-state index contributed by atoms with van der Waals surface area (Å²) in [5.41, 5.74) is 1.07. The highest BCUT2D eigenvalue weighted by Crippen LogP contribution is 2.32. The van der Waals surface area contributed by atoms with E-state index >= 15 is 0 Å². The highest BCUT2D eigenvalue weighted by Gasteiger charge is 2.17. The van der Waals surface area contributed by atoms with Gasteiger partial charge in [-0.2, -0.15) is 0 Å². The van der Waals surface area contributed by atoms with Crippen LogP contribution in [-0.2, 0) is 0 Å². The number of para-hydroxylation sites is 3. The van der Waals surface area contributed by atoms with Crippen molar-refractivity contribution in [2.45, 2.75) is 25.9 Å². The van der Waals surface area contributed by atoms with E-state index in [1.807, 2.05) is 55.5 Å². The molecule has 136 valence electrons. The van der Waals surface area contributed by atoms with Gasteiger partial charge in [0.25, 0.3) is 0 Å². The normalized spacial score (nSPS) is 15.4. The molecule has 1 heterocycles. The third kappa shape index (κ3) is 5.63. The van der Waals surface area contributed by atoms with E-state index in [-0.39, 0.29) is 19.0 Å². The molecule has 1 N–H and O–H groups in total. The van der Waals surface area contributed by atoms with Crippen molar-refractivity contribution in [3.8, 4) is 17.2 Å². The number of nitrogens with zero attached hydrogens (tertiary/aromatic N) is 1. The van der Waals surface area contributed by atoms with E-state index in [0.29, 0.717) is 18.0 Å². The van der Waals surface area contributed by atoms with E-state index < -0.39 is 6.10 Å². The minimum atomic E-state index is -0.491. The fraction of sp³-hybridized carbons (Fsp3) is 0.400. The SMILES string of the molecule is Cc1ccccc1Oc1ccccc1OCC(O)CN1CCCC1.Cl. The van der Waals surface area contributed by atoms with Gasteiger partial charge in [0.15, 0.2) is 11.5 Å². The monoisotopic (exact) mass is 363 g/mol. The Hall–Kier alpha value is -1.75. The number of aryl methyl sites for hydroxylation is 1. The first kappa shape index (κ1) is 19.6. The van der Waals surface area contributed by atoms with Crippen LogP contribution in [0.3, 0.4) is 0 Å². The van der Waals surface area contributed by atoms with E-state index in [4.69, 9.17) is 9.47 Å². The van der Waals surface area contributed by atoms with E-state index in [1.165, 1.54) is 12.8 Å². The summed E-state index contributed by atoms with van der Waals surface area (Å²) in [5.74, 6) is 2.13. The van der Waals surface area contributed by atoms with Gasteiger partial charge in [0.1, 0.15) is 18.5 Å². The first-order valence-corrected chi connectivity index (χ1v) is 8.58. The third-order valence-corrected chi connectivity index (χ3v) is 4.26. The first-order chi connectivity index (χ1) is 11.7. The summed E-state index contributed by atoms with van der Waals surface area (Å²) in [6.07, 6.45) is 1.95. The van der Waals surface area contributed by atoms with Crippen LogP contribution in [0.1, 0.15) is 18.4 Å². The number of aliphatic hydroxyl groups is 1. The fourth-order valence-corrected chi connectivity index (χ4v) is 2.95. The van der Waals surface area contributed by atoms with Gasteiger partial charge >= 0.3 is 0 Å². The fourth-order valence-electron chi connectivity index (χ4n) is 2.95. The van der Waals surface area contributed by atoms with Gasteiger partial charge in [0, 0.05) is 6.54 Å². The summed E-state index contributed by atoms with van der Waals surface area (Å²) in [5, 5.41) is 10.2. The van der Waals surface area contributed by atoms with Crippen molar-refractivity contribution in [3.63, 3.8) is 0 Å². The van der Waals surface area contributed by atoms with Gasteiger partial charge < -0.3 is 19.5 Å². The van der Waals surface area contributed by atoms with Gasteiger partial charge in [-0.25, -0.2) is 0 Å². The van der Waals surface area contributed by atoms with E-state index in [0.717, 1.165) is 24.4 Å². The lowest BCUT2D eigenvalue weighted by molar-refractivity contribution is 0.0749. The Labute approximate surface area is 155 Å². The molecule has 1 aliphatic rings. The molecule has 0 saturated carbocycles. The maximum atomic E-state index is 10.2. The molecule has 1 saturated heterocycles. The van der Waals surface area contributed by atoms with Gasteiger partial charge in [-0.15, -0.1) is 12.4 Å². The van der Waals surface area contributed by atoms with Crippen LogP contribution in [0.5, 0.6) is 17.2 Å². The smallest absolute Gasteiger partial charge is 0.169 e. The van der Waals surface area contributed by atoms with Gasteiger partial charge in [-0.05, 0) is 56.6 Å². The minimum absolute atomic E-state index is 0.